The van der Waals surface area contributed by atoms with Crippen molar-refractivity contribution < 1.29 is 18.3 Å². The second-order valence-corrected chi connectivity index (χ2v) is 6.34. The van der Waals surface area contributed by atoms with Crippen LogP contribution in [0.1, 0.15) is 10.4 Å². The molecule has 2 heterocycles. The third kappa shape index (κ3) is 2.37. The van der Waals surface area contributed by atoms with Gasteiger partial charge in [-0.2, -0.15) is 0 Å². The number of hydrogen-bond donors (Lipinski definition) is 2. The maximum Gasteiger partial charge on any atom is 0.337 e. The Kier molecular flexibility index (Phi) is 3.12. The predicted molar refractivity (Wildman–Crippen MR) is 66.5 cm³/mol. The number of aromatic carboxylic acids is 1. The van der Waals surface area contributed by atoms with Crippen molar-refractivity contribution in [2.75, 3.05) is 35.2 Å². The van der Waals surface area contributed by atoms with Crippen molar-refractivity contribution in [3.8, 4) is 0 Å². The molecule has 8 heteroatoms. The van der Waals surface area contributed by atoms with Gasteiger partial charge < -0.3 is 15.7 Å². The Labute approximate surface area is 104 Å². The molecule has 1 aromatic heterocycles. The molecule has 0 unspecified atom stereocenters. The smallest absolute Gasteiger partial charge is 0.337 e. The minimum absolute atomic E-state index is 0.0200. The molecule has 1 fully saturated rings. The number of carbonyl (C=O) groups is 1. The van der Waals surface area contributed by atoms with Crippen molar-refractivity contribution in [2.24, 2.45) is 0 Å². The molecule has 0 spiro atoms. The van der Waals surface area contributed by atoms with Gasteiger partial charge in [-0.05, 0) is 6.07 Å². The molecule has 0 atom stereocenters. The van der Waals surface area contributed by atoms with Gasteiger partial charge in [-0.1, -0.05) is 0 Å². The van der Waals surface area contributed by atoms with Gasteiger partial charge in [0, 0.05) is 19.3 Å². The number of carboxylic acids is 1. The first-order valence-corrected chi connectivity index (χ1v) is 7.16. The number of nitrogens with zero attached hydrogens (tertiary/aromatic N) is 2. The van der Waals surface area contributed by atoms with Crippen LogP contribution in [0.5, 0.6) is 0 Å². The monoisotopic (exact) mass is 271 g/mol. The molecule has 1 aliphatic heterocycles. The van der Waals surface area contributed by atoms with E-state index in [0.717, 1.165) is 0 Å². The first-order valence-electron chi connectivity index (χ1n) is 5.34. The van der Waals surface area contributed by atoms with Gasteiger partial charge in [0.25, 0.3) is 0 Å². The first-order chi connectivity index (χ1) is 8.41. The normalized spacial score (nSPS) is 18.6. The highest BCUT2D eigenvalue weighted by Crippen LogP contribution is 2.25. The van der Waals surface area contributed by atoms with E-state index in [1.165, 1.54) is 12.3 Å². The quantitative estimate of drug-likeness (QED) is 0.752. The maximum atomic E-state index is 11.3. The van der Waals surface area contributed by atoms with Gasteiger partial charge in [-0.15, -0.1) is 0 Å². The Morgan fingerprint density at radius 1 is 1.39 bits per heavy atom. The van der Waals surface area contributed by atoms with Gasteiger partial charge in [0.2, 0.25) is 0 Å². The van der Waals surface area contributed by atoms with E-state index in [0.29, 0.717) is 5.82 Å². The Bertz CT molecular complexity index is 571. The number of hydrogen-bond acceptors (Lipinski definition) is 6. The summed E-state index contributed by atoms with van der Waals surface area (Å²) in [6, 6.07) is 1.32. The summed E-state index contributed by atoms with van der Waals surface area (Å²) in [4.78, 5) is 16.7. The summed E-state index contributed by atoms with van der Waals surface area (Å²) in [5.41, 5.74) is 5.80. The first kappa shape index (κ1) is 12.6. The van der Waals surface area contributed by atoms with Crippen LogP contribution >= 0.6 is 0 Å². The third-order valence-electron chi connectivity index (χ3n) is 2.84. The average Bonchev–Trinajstić information content (AvgIpc) is 2.29. The zero-order chi connectivity index (χ0) is 13.3. The van der Waals surface area contributed by atoms with Crippen LogP contribution in [0.2, 0.25) is 0 Å². The Morgan fingerprint density at radius 3 is 2.56 bits per heavy atom. The fourth-order valence-electron chi connectivity index (χ4n) is 1.82. The van der Waals surface area contributed by atoms with Crippen molar-refractivity contribution in [1.29, 1.82) is 0 Å². The number of sulfone groups is 1. The molecular formula is C10H13N3O4S. The van der Waals surface area contributed by atoms with Crippen molar-refractivity contribution in [2.45, 2.75) is 0 Å². The van der Waals surface area contributed by atoms with E-state index in [4.69, 9.17) is 10.8 Å². The minimum atomic E-state index is -2.99. The summed E-state index contributed by atoms with van der Waals surface area (Å²) in [5, 5.41) is 8.95. The van der Waals surface area contributed by atoms with E-state index in [2.05, 4.69) is 4.98 Å². The van der Waals surface area contributed by atoms with E-state index in [-0.39, 0.29) is 35.8 Å². The van der Waals surface area contributed by atoms with Crippen LogP contribution in [0.3, 0.4) is 0 Å². The highest BCUT2D eigenvalue weighted by Gasteiger charge is 2.25. The molecule has 7 nitrogen and oxygen atoms in total. The molecule has 0 aromatic carbocycles. The maximum absolute atomic E-state index is 11.3. The van der Waals surface area contributed by atoms with E-state index in [1.807, 2.05) is 0 Å². The lowest BCUT2D eigenvalue weighted by atomic mass is 10.2. The molecule has 1 saturated heterocycles. The summed E-state index contributed by atoms with van der Waals surface area (Å²) in [5.74, 6) is -0.720. The van der Waals surface area contributed by atoms with Gasteiger partial charge in [0.1, 0.15) is 0 Å². The largest absolute Gasteiger partial charge is 0.478 e. The Balaban J connectivity index is 2.30. The van der Waals surface area contributed by atoms with Gasteiger partial charge in [-0.3, -0.25) is 0 Å². The lowest BCUT2D eigenvalue weighted by Crippen LogP contribution is -2.41. The summed E-state index contributed by atoms with van der Waals surface area (Å²) >= 11 is 0. The molecule has 0 radical (unpaired) electrons. The fraction of sp³-hybridized carbons (Fsp3) is 0.400. The van der Waals surface area contributed by atoms with Crippen LogP contribution in [-0.4, -0.2) is 49.1 Å². The van der Waals surface area contributed by atoms with E-state index in [1.54, 1.807) is 4.90 Å². The number of aromatic nitrogens is 1. The van der Waals surface area contributed by atoms with E-state index >= 15 is 0 Å². The van der Waals surface area contributed by atoms with Crippen molar-refractivity contribution in [1.82, 2.24) is 4.98 Å². The average molecular weight is 271 g/mol. The van der Waals surface area contributed by atoms with E-state index < -0.39 is 15.8 Å². The summed E-state index contributed by atoms with van der Waals surface area (Å²) in [6.07, 6.45) is 1.36. The minimum Gasteiger partial charge on any atom is -0.478 e. The van der Waals surface area contributed by atoms with Crippen molar-refractivity contribution >= 4 is 27.3 Å². The molecule has 1 aromatic rings. The summed E-state index contributed by atoms with van der Waals surface area (Å²) in [7, 11) is -2.99. The number of carboxylic acid groups (broad SMARTS) is 1. The number of nitrogens with two attached hydrogens (primary N) is 1. The second kappa shape index (κ2) is 4.45. The number of anilines is 2. The molecule has 18 heavy (non-hydrogen) atoms. The number of nitrogen functional groups attached to an aromatic ring is 1. The fourth-order valence-corrected chi connectivity index (χ4v) is 3.03. The van der Waals surface area contributed by atoms with Crippen LogP contribution in [0, 0.1) is 0 Å². The molecule has 2 rings (SSSR count). The van der Waals surface area contributed by atoms with Gasteiger partial charge in [0.15, 0.2) is 15.7 Å². The molecule has 1 aliphatic rings. The Hall–Kier alpha value is -1.83. The highest BCUT2D eigenvalue weighted by molar-refractivity contribution is 7.91. The predicted octanol–water partition coefficient (Wildman–Crippen LogP) is -0.403. The number of pyridine rings is 1. The Morgan fingerprint density at radius 2 is 2.00 bits per heavy atom. The molecule has 98 valence electrons. The van der Waals surface area contributed by atoms with Gasteiger partial charge in [-0.25, -0.2) is 18.2 Å². The van der Waals surface area contributed by atoms with Crippen molar-refractivity contribution in [3.05, 3.63) is 17.8 Å². The molecule has 3 N–H and O–H groups in total. The zero-order valence-corrected chi connectivity index (χ0v) is 10.4. The lowest BCUT2D eigenvalue weighted by Gasteiger charge is -2.28. The molecular weight excluding hydrogens is 258 g/mol. The third-order valence-corrected chi connectivity index (χ3v) is 4.45. The van der Waals surface area contributed by atoms with Crippen molar-refractivity contribution in [3.63, 3.8) is 0 Å². The highest BCUT2D eigenvalue weighted by atomic mass is 32.2. The topological polar surface area (TPSA) is 114 Å². The van der Waals surface area contributed by atoms with Gasteiger partial charge in [0.05, 0.1) is 22.8 Å². The molecule has 0 amide bonds. The second-order valence-electron chi connectivity index (χ2n) is 4.04. The van der Waals surface area contributed by atoms with Crippen LogP contribution < -0.4 is 10.6 Å². The molecule has 0 bridgehead atoms. The van der Waals surface area contributed by atoms with Gasteiger partial charge >= 0.3 is 5.97 Å². The molecule has 0 saturated carbocycles. The summed E-state index contributed by atoms with van der Waals surface area (Å²) in [6.45, 7) is 0.561. The summed E-state index contributed by atoms with van der Waals surface area (Å²) < 4.78 is 22.6. The number of rotatable bonds is 2. The zero-order valence-electron chi connectivity index (χ0n) is 9.54. The van der Waals surface area contributed by atoms with Crippen LogP contribution in [0.4, 0.5) is 11.5 Å². The van der Waals surface area contributed by atoms with Crippen LogP contribution in [-0.2, 0) is 9.84 Å². The lowest BCUT2D eigenvalue weighted by molar-refractivity contribution is 0.0698. The van der Waals surface area contributed by atoms with Crippen LogP contribution in [0.25, 0.3) is 0 Å². The standard InChI is InChI=1S/C10H13N3O4S/c11-8-7(10(14)15)1-2-12-9(8)13-3-5-18(16,17)6-4-13/h1-2H,3-6,11H2,(H,14,15). The SMILES string of the molecule is Nc1c(C(=O)O)ccnc1N1CCS(=O)(=O)CC1. The molecule has 0 aliphatic carbocycles. The van der Waals surface area contributed by atoms with E-state index in [9.17, 15) is 13.2 Å². The van der Waals surface area contributed by atoms with Crippen LogP contribution in [0.15, 0.2) is 12.3 Å².